The first-order valence-corrected chi connectivity index (χ1v) is 10.6. The summed E-state index contributed by atoms with van der Waals surface area (Å²) in [6, 6.07) is 14.5. The highest BCUT2D eigenvalue weighted by Gasteiger charge is 2.26. The number of amides is 2. The van der Waals surface area contributed by atoms with E-state index in [4.69, 9.17) is 16.3 Å². The van der Waals surface area contributed by atoms with E-state index in [0.717, 1.165) is 4.47 Å². The molecule has 1 fully saturated rings. The maximum Gasteiger partial charge on any atom is 0.263 e. The van der Waals surface area contributed by atoms with Gasteiger partial charge in [0, 0.05) is 30.7 Å². The summed E-state index contributed by atoms with van der Waals surface area (Å²) in [4.78, 5) is 28.7. The van der Waals surface area contributed by atoms with Crippen molar-refractivity contribution in [3.8, 4) is 5.75 Å². The van der Waals surface area contributed by atoms with Gasteiger partial charge in [0.1, 0.15) is 5.75 Å². The summed E-state index contributed by atoms with van der Waals surface area (Å²) in [5, 5.41) is 3.33. The number of nitrogens with one attached hydrogen (secondary N) is 1. The van der Waals surface area contributed by atoms with Gasteiger partial charge in [0.05, 0.1) is 17.3 Å². The van der Waals surface area contributed by atoms with Crippen molar-refractivity contribution in [1.29, 1.82) is 0 Å². The van der Waals surface area contributed by atoms with E-state index in [1.54, 1.807) is 24.0 Å². The molecule has 0 saturated carbocycles. The molecule has 1 aliphatic rings. The molecule has 1 atom stereocenters. The number of halogens is 2. The van der Waals surface area contributed by atoms with Crippen LogP contribution in [0, 0.1) is 0 Å². The zero-order valence-corrected chi connectivity index (χ0v) is 18.4. The second-order valence-electron chi connectivity index (χ2n) is 6.84. The van der Waals surface area contributed by atoms with Gasteiger partial charge in [-0.15, -0.1) is 0 Å². The molecule has 0 spiro atoms. The number of para-hydroxylation sites is 1. The number of piperazine rings is 1. The molecule has 2 amide bonds. The topological polar surface area (TPSA) is 61.9 Å². The number of benzene rings is 2. The number of carbonyl (C=O) groups is 2. The number of anilines is 1. The summed E-state index contributed by atoms with van der Waals surface area (Å²) in [6.45, 7) is 4.41. The van der Waals surface area contributed by atoms with Gasteiger partial charge in [-0.2, -0.15) is 0 Å². The van der Waals surface area contributed by atoms with Crippen LogP contribution in [0.25, 0.3) is 0 Å². The Balaban J connectivity index is 1.44. The van der Waals surface area contributed by atoms with Crippen molar-refractivity contribution in [2.45, 2.75) is 13.0 Å². The average Bonchev–Trinajstić information content (AvgIpc) is 2.71. The summed E-state index contributed by atoms with van der Waals surface area (Å²) in [5.41, 5.74) is 0.604. The molecule has 0 bridgehead atoms. The third-order valence-electron chi connectivity index (χ3n) is 4.67. The fourth-order valence-electron chi connectivity index (χ4n) is 3.11. The first-order valence-electron chi connectivity index (χ1n) is 9.40. The minimum absolute atomic E-state index is 0.0481. The van der Waals surface area contributed by atoms with Crippen molar-refractivity contribution < 1.29 is 14.3 Å². The Morgan fingerprint density at radius 2 is 1.76 bits per heavy atom. The van der Waals surface area contributed by atoms with Crippen molar-refractivity contribution in [2.24, 2.45) is 0 Å². The summed E-state index contributed by atoms with van der Waals surface area (Å²) in [6.07, 6.45) is -0.564. The molecule has 6 nitrogen and oxygen atoms in total. The molecule has 1 aliphatic heterocycles. The molecule has 154 valence electrons. The number of hydrogen-bond acceptors (Lipinski definition) is 4. The Kier molecular flexibility index (Phi) is 7.52. The maximum absolute atomic E-state index is 12.7. The van der Waals surface area contributed by atoms with Gasteiger partial charge in [-0.3, -0.25) is 14.5 Å². The van der Waals surface area contributed by atoms with Crippen LogP contribution in [0.2, 0.25) is 5.02 Å². The highest BCUT2D eigenvalue weighted by atomic mass is 79.9. The van der Waals surface area contributed by atoms with Crippen LogP contribution >= 0.6 is 27.5 Å². The molecule has 1 N–H and O–H groups in total. The number of rotatable bonds is 6. The predicted molar refractivity (Wildman–Crippen MR) is 117 cm³/mol. The SMILES string of the molecule is C[C@@H](Oc1ccc(Br)cc1)C(=O)N1CCN(CC(=O)Nc2ccccc2Cl)CC1. The predicted octanol–water partition coefficient (Wildman–Crippen LogP) is 3.65. The van der Waals surface area contributed by atoms with Crippen molar-refractivity contribution in [3.05, 3.63) is 58.0 Å². The van der Waals surface area contributed by atoms with Gasteiger partial charge in [0.15, 0.2) is 6.10 Å². The lowest BCUT2D eigenvalue weighted by atomic mass is 10.2. The zero-order valence-electron chi connectivity index (χ0n) is 16.1. The third-order valence-corrected chi connectivity index (χ3v) is 5.53. The molecular formula is C21H23BrClN3O3. The fraction of sp³-hybridized carbons (Fsp3) is 0.333. The highest BCUT2D eigenvalue weighted by molar-refractivity contribution is 9.10. The Morgan fingerprint density at radius 3 is 2.41 bits per heavy atom. The number of carbonyl (C=O) groups excluding carboxylic acids is 2. The maximum atomic E-state index is 12.7. The van der Waals surface area contributed by atoms with E-state index < -0.39 is 6.10 Å². The lowest BCUT2D eigenvalue weighted by molar-refractivity contribution is -0.139. The van der Waals surface area contributed by atoms with E-state index in [2.05, 4.69) is 21.2 Å². The standard InChI is InChI=1S/C21H23BrClN3O3/c1-15(29-17-8-6-16(22)7-9-17)21(28)26-12-10-25(11-13-26)14-20(27)24-19-5-3-2-4-18(19)23/h2-9,15H,10-14H2,1H3,(H,24,27)/t15-/m1/s1. The van der Waals surface area contributed by atoms with Crippen molar-refractivity contribution >= 4 is 45.0 Å². The molecule has 2 aromatic rings. The molecule has 2 aromatic carbocycles. The monoisotopic (exact) mass is 479 g/mol. The van der Waals surface area contributed by atoms with Crippen LogP contribution in [0.15, 0.2) is 53.0 Å². The van der Waals surface area contributed by atoms with E-state index in [9.17, 15) is 9.59 Å². The third kappa shape index (κ3) is 6.19. The Morgan fingerprint density at radius 1 is 1.10 bits per heavy atom. The summed E-state index contributed by atoms with van der Waals surface area (Å²) in [5.74, 6) is 0.488. The van der Waals surface area contributed by atoms with Gasteiger partial charge < -0.3 is 15.0 Å². The van der Waals surface area contributed by atoms with Crippen molar-refractivity contribution in [1.82, 2.24) is 9.80 Å². The molecule has 1 heterocycles. The molecule has 0 aromatic heterocycles. The van der Waals surface area contributed by atoms with E-state index in [0.29, 0.717) is 42.6 Å². The normalized spacial score (nSPS) is 15.6. The lowest BCUT2D eigenvalue weighted by Gasteiger charge is -2.35. The van der Waals surface area contributed by atoms with Gasteiger partial charge in [0.2, 0.25) is 5.91 Å². The molecule has 8 heteroatoms. The first-order chi connectivity index (χ1) is 13.9. The zero-order chi connectivity index (χ0) is 20.8. The van der Waals surface area contributed by atoms with E-state index in [1.165, 1.54) is 0 Å². The largest absolute Gasteiger partial charge is 0.481 e. The number of hydrogen-bond donors (Lipinski definition) is 1. The summed E-state index contributed by atoms with van der Waals surface area (Å²) >= 11 is 9.45. The van der Waals surface area contributed by atoms with Gasteiger partial charge in [-0.05, 0) is 43.3 Å². The van der Waals surface area contributed by atoms with Crippen LogP contribution < -0.4 is 10.1 Å². The van der Waals surface area contributed by atoms with Crippen LogP contribution in [0.4, 0.5) is 5.69 Å². The van der Waals surface area contributed by atoms with Gasteiger partial charge in [-0.25, -0.2) is 0 Å². The number of nitrogens with zero attached hydrogens (tertiary/aromatic N) is 2. The van der Waals surface area contributed by atoms with Gasteiger partial charge in [0.25, 0.3) is 5.91 Å². The minimum Gasteiger partial charge on any atom is -0.481 e. The Labute approximate surface area is 183 Å². The molecule has 1 saturated heterocycles. The van der Waals surface area contributed by atoms with Gasteiger partial charge >= 0.3 is 0 Å². The van der Waals surface area contributed by atoms with Gasteiger partial charge in [-0.1, -0.05) is 39.7 Å². The van der Waals surface area contributed by atoms with Crippen LogP contribution in [0.5, 0.6) is 5.75 Å². The highest BCUT2D eigenvalue weighted by Crippen LogP contribution is 2.20. The van der Waals surface area contributed by atoms with Crippen LogP contribution in [-0.4, -0.2) is 60.4 Å². The molecule has 3 rings (SSSR count). The molecule has 0 unspecified atom stereocenters. The van der Waals surface area contributed by atoms with Crippen molar-refractivity contribution in [2.75, 3.05) is 38.0 Å². The van der Waals surface area contributed by atoms with Crippen LogP contribution in [0.3, 0.4) is 0 Å². The molecule has 0 aliphatic carbocycles. The van der Waals surface area contributed by atoms with E-state index in [1.807, 2.05) is 41.3 Å². The fourth-order valence-corrected chi connectivity index (χ4v) is 3.55. The Hall–Kier alpha value is -2.09. The summed E-state index contributed by atoms with van der Waals surface area (Å²) < 4.78 is 6.71. The number of ether oxygens (including phenoxy) is 1. The average molecular weight is 481 g/mol. The second kappa shape index (κ2) is 10.1. The molecule has 0 radical (unpaired) electrons. The van der Waals surface area contributed by atoms with Crippen LogP contribution in [-0.2, 0) is 9.59 Å². The second-order valence-corrected chi connectivity index (χ2v) is 8.17. The van der Waals surface area contributed by atoms with E-state index in [-0.39, 0.29) is 18.4 Å². The first kappa shape index (κ1) is 21.6. The van der Waals surface area contributed by atoms with Crippen molar-refractivity contribution in [3.63, 3.8) is 0 Å². The van der Waals surface area contributed by atoms with E-state index >= 15 is 0 Å². The molecular weight excluding hydrogens is 458 g/mol. The van der Waals surface area contributed by atoms with Crippen LogP contribution in [0.1, 0.15) is 6.92 Å². The lowest BCUT2D eigenvalue weighted by Crippen LogP contribution is -2.53. The molecule has 29 heavy (non-hydrogen) atoms. The minimum atomic E-state index is -0.564. The summed E-state index contributed by atoms with van der Waals surface area (Å²) in [7, 11) is 0. The Bertz CT molecular complexity index is 855. The quantitative estimate of drug-likeness (QED) is 0.685. The smallest absolute Gasteiger partial charge is 0.263 e.